The van der Waals surface area contributed by atoms with Crippen LogP contribution >= 0.6 is 11.6 Å². The van der Waals surface area contributed by atoms with Gasteiger partial charge in [0.05, 0.1) is 25.8 Å². The Hall–Kier alpha value is -1.23. The summed E-state index contributed by atoms with van der Waals surface area (Å²) in [5.41, 5.74) is 0.985. The average molecular weight is 431 g/mol. The van der Waals surface area contributed by atoms with E-state index in [0.29, 0.717) is 57.5 Å². The Morgan fingerprint density at radius 3 is 2.25 bits per heavy atom. The van der Waals surface area contributed by atoms with E-state index in [-0.39, 0.29) is 18.5 Å². The Labute approximate surface area is 171 Å². The van der Waals surface area contributed by atoms with Gasteiger partial charge in [-0.1, -0.05) is 23.7 Å². The molecule has 8 nitrogen and oxygen atoms in total. The molecular formula is C18H27ClN4O4S. The van der Waals surface area contributed by atoms with E-state index in [1.807, 2.05) is 24.0 Å². The van der Waals surface area contributed by atoms with Crippen LogP contribution in [-0.2, 0) is 19.7 Å². The molecule has 1 atom stereocenters. The maximum Gasteiger partial charge on any atom is 0.282 e. The zero-order valence-electron chi connectivity index (χ0n) is 16.0. The lowest BCUT2D eigenvalue weighted by molar-refractivity contribution is -0.123. The number of morpholine rings is 1. The summed E-state index contributed by atoms with van der Waals surface area (Å²) in [6.07, 6.45) is 0. The molecule has 0 aliphatic carbocycles. The van der Waals surface area contributed by atoms with Gasteiger partial charge in [-0.15, -0.1) is 0 Å². The molecule has 1 unspecified atom stereocenters. The number of amides is 1. The van der Waals surface area contributed by atoms with Crippen LogP contribution in [0, 0.1) is 0 Å². The minimum absolute atomic E-state index is 0.0769. The van der Waals surface area contributed by atoms with Gasteiger partial charge in [0.1, 0.15) is 0 Å². The maximum atomic E-state index is 12.7. The van der Waals surface area contributed by atoms with Crippen LogP contribution < -0.4 is 5.32 Å². The van der Waals surface area contributed by atoms with Crippen molar-refractivity contribution in [2.75, 3.05) is 59.0 Å². The van der Waals surface area contributed by atoms with Crippen molar-refractivity contribution in [2.45, 2.75) is 13.0 Å². The molecule has 0 saturated carbocycles. The minimum Gasteiger partial charge on any atom is -0.379 e. The van der Waals surface area contributed by atoms with Gasteiger partial charge in [-0.05, 0) is 24.6 Å². The number of halogens is 1. The summed E-state index contributed by atoms with van der Waals surface area (Å²) in [5.74, 6) is -0.0769. The van der Waals surface area contributed by atoms with Crippen molar-refractivity contribution in [3.8, 4) is 0 Å². The van der Waals surface area contributed by atoms with E-state index in [1.54, 1.807) is 12.1 Å². The number of carbonyl (C=O) groups is 1. The second-order valence-corrected chi connectivity index (χ2v) is 9.40. The van der Waals surface area contributed by atoms with Crippen LogP contribution in [0.5, 0.6) is 0 Å². The maximum absolute atomic E-state index is 12.7. The third-order valence-corrected chi connectivity index (χ3v) is 7.36. The van der Waals surface area contributed by atoms with E-state index in [0.717, 1.165) is 5.56 Å². The molecule has 2 saturated heterocycles. The molecule has 1 amide bonds. The van der Waals surface area contributed by atoms with Crippen molar-refractivity contribution < 1.29 is 17.9 Å². The zero-order chi connectivity index (χ0) is 20.1. The largest absolute Gasteiger partial charge is 0.379 e. The predicted octanol–water partition coefficient (Wildman–Crippen LogP) is 0.712. The van der Waals surface area contributed by atoms with E-state index < -0.39 is 10.2 Å². The smallest absolute Gasteiger partial charge is 0.282 e. The minimum atomic E-state index is -3.45. The molecule has 0 radical (unpaired) electrons. The second-order valence-electron chi connectivity index (χ2n) is 7.04. The third kappa shape index (κ3) is 5.43. The van der Waals surface area contributed by atoms with Gasteiger partial charge >= 0.3 is 0 Å². The van der Waals surface area contributed by atoms with Gasteiger partial charge in [-0.25, -0.2) is 0 Å². The molecule has 2 aliphatic rings. The van der Waals surface area contributed by atoms with E-state index >= 15 is 0 Å². The second kappa shape index (κ2) is 9.51. The zero-order valence-corrected chi connectivity index (χ0v) is 17.6. The van der Waals surface area contributed by atoms with E-state index in [2.05, 4.69) is 5.32 Å². The SMILES string of the molecule is CC(NC(=O)CN1CCN(S(=O)(=O)N2CCOCC2)CC1)c1ccc(Cl)cc1. The van der Waals surface area contributed by atoms with Gasteiger partial charge in [0.2, 0.25) is 5.91 Å². The van der Waals surface area contributed by atoms with Gasteiger partial charge in [-0.3, -0.25) is 9.69 Å². The lowest BCUT2D eigenvalue weighted by atomic mass is 10.1. The number of ether oxygens (including phenoxy) is 1. The van der Waals surface area contributed by atoms with Gasteiger partial charge in [0.25, 0.3) is 10.2 Å². The third-order valence-electron chi connectivity index (χ3n) is 5.07. The van der Waals surface area contributed by atoms with Crippen molar-refractivity contribution >= 4 is 27.7 Å². The summed E-state index contributed by atoms with van der Waals surface area (Å²) in [5, 5.41) is 3.64. The molecule has 2 aliphatic heterocycles. The summed E-state index contributed by atoms with van der Waals surface area (Å²) < 4.78 is 33.6. The van der Waals surface area contributed by atoms with Crippen molar-refractivity contribution in [1.82, 2.24) is 18.8 Å². The molecule has 10 heteroatoms. The van der Waals surface area contributed by atoms with E-state index in [9.17, 15) is 13.2 Å². The summed E-state index contributed by atoms with van der Waals surface area (Å²) in [7, 11) is -3.45. The summed E-state index contributed by atoms with van der Waals surface area (Å²) in [6.45, 7) is 5.69. The van der Waals surface area contributed by atoms with Crippen molar-refractivity contribution in [1.29, 1.82) is 0 Å². The molecule has 2 heterocycles. The lowest BCUT2D eigenvalue weighted by Crippen LogP contribution is -2.55. The number of hydrogen-bond acceptors (Lipinski definition) is 5. The number of carbonyl (C=O) groups excluding carboxylic acids is 1. The molecule has 1 N–H and O–H groups in total. The molecule has 28 heavy (non-hydrogen) atoms. The number of rotatable bonds is 6. The molecule has 1 aromatic carbocycles. The summed E-state index contributed by atoms with van der Waals surface area (Å²) in [4.78, 5) is 14.3. The summed E-state index contributed by atoms with van der Waals surface area (Å²) >= 11 is 5.89. The highest BCUT2D eigenvalue weighted by Crippen LogP contribution is 2.17. The fourth-order valence-electron chi connectivity index (χ4n) is 3.38. The quantitative estimate of drug-likeness (QED) is 0.718. The van der Waals surface area contributed by atoms with E-state index in [1.165, 1.54) is 8.61 Å². The van der Waals surface area contributed by atoms with Crippen LogP contribution in [0.4, 0.5) is 0 Å². The highest BCUT2D eigenvalue weighted by Gasteiger charge is 2.33. The first-order chi connectivity index (χ1) is 13.4. The molecule has 0 bridgehead atoms. The first-order valence-corrected chi connectivity index (χ1v) is 11.2. The topological polar surface area (TPSA) is 82.2 Å². The molecule has 3 rings (SSSR count). The predicted molar refractivity (Wildman–Crippen MR) is 107 cm³/mol. The Bertz CT molecular complexity index is 760. The van der Waals surface area contributed by atoms with Gasteiger partial charge in [-0.2, -0.15) is 17.0 Å². The number of nitrogens with zero attached hydrogens (tertiary/aromatic N) is 3. The highest BCUT2D eigenvalue weighted by atomic mass is 35.5. The van der Waals surface area contributed by atoms with Crippen molar-refractivity contribution in [3.05, 3.63) is 34.9 Å². The van der Waals surface area contributed by atoms with Gasteiger partial charge < -0.3 is 10.1 Å². The van der Waals surface area contributed by atoms with E-state index in [4.69, 9.17) is 16.3 Å². The van der Waals surface area contributed by atoms with Crippen LogP contribution in [0.1, 0.15) is 18.5 Å². The fraction of sp³-hybridized carbons (Fsp3) is 0.611. The highest BCUT2D eigenvalue weighted by molar-refractivity contribution is 7.86. The monoisotopic (exact) mass is 430 g/mol. The number of piperazine rings is 1. The van der Waals surface area contributed by atoms with Gasteiger partial charge in [0.15, 0.2) is 0 Å². The number of nitrogens with one attached hydrogen (secondary N) is 1. The first-order valence-electron chi connectivity index (χ1n) is 9.46. The lowest BCUT2D eigenvalue weighted by Gasteiger charge is -2.37. The average Bonchev–Trinajstić information content (AvgIpc) is 2.69. The standard InChI is InChI=1S/C18H27ClN4O4S/c1-15(16-2-4-17(19)5-3-16)20-18(24)14-21-6-8-22(9-7-21)28(25,26)23-10-12-27-13-11-23/h2-5,15H,6-14H2,1H3,(H,20,24). The normalized spacial score (nSPS) is 21.4. The summed E-state index contributed by atoms with van der Waals surface area (Å²) in [6, 6.07) is 7.26. The number of hydrogen-bond donors (Lipinski definition) is 1. The van der Waals surface area contributed by atoms with Gasteiger partial charge in [0, 0.05) is 44.3 Å². The molecular weight excluding hydrogens is 404 g/mol. The van der Waals surface area contributed by atoms with Crippen LogP contribution in [0.3, 0.4) is 0 Å². The van der Waals surface area contributed by atoms with Crippen LogP contribution in [0.25, 0.3) is 0 Å². The van der Waals surface area contributed by atoms with Crippen molar-refractivity contribution in [3.63, 3.8) is 0 Å². The fourth-order valence-corrected chi connectivity index (χ4v) is 5.07. The molecule has 1 aromatic rings. The van der Waals surface area contributed by atoms with Crippen LogP contribution in [0.2, 0.25) is 5.02 Å². The Morgan fingerprint density at radius 2 is 1.64 bits per heavy atom. The first kappa shape index (κ1) is 21.5. The van der Waals surface area contributed by atoms with Crippen LogP contribution in [0.15, 0.2) is 24.3 Å². The molecule has 156 valence electrons. The van der Waals surface area contributed by atoms with Crippen LogP contribution in [-0.4, -0.2) is 86.9 Å². The Morgan fingerprint density at radius 1 is 1.07 bits per heavy atom. The molecule has 0 spiro atoms. The molecule has 0 aromatic heterocycles. The Balaban J connectivity index is 1.45. The molecule has 2 fully saturated rings. The number of benzene rings is 1. The Kier molecular flexibility index (Phi) is 7.30. The van der Waals surface area contributed by atoms with Crippen molar-refractivity contribution in [2.24, 2.45) is 0 Å².